The fourth-order valence-corrected chi connectivity index (χ4v) is 8.59. The van der Waals surface area contributed by atoms with E-state index in [-0.39, 0.29) is 26.1 Å². The summed E-state index contributed by atoms with van der Waals surface area (Å²) in [6.45, 7) is 4.10. The van der Waals surface area contributed by atoms with E-state index in [1.54, 1.807) is 0 Å². The molecule has 0 saturated carbocycles. The molecule has 0 saturated heterocycles. The molecule has 0 radical (unpaired) electrons. The number of rotatable bonds is 54. The Morgan fingerprint density at radius 2 is 0.750 bits per heavy atom. The summed E-state index contributed by atoms with van der Waals surface area (Å²) in [6, 6.07) is 0. The molecule has 2 atom stereocenters. The van der Waals surface area contributed by atoms with Gasteiger partial charge in [0, 0.05) is 12.8 Å². The van der Waals surface area contributed by atoms with Crippen LogP contribution in [-0.4, -0.2) is 70.0 Å². The van der Waals surface area contributed by atoms with E-state index < -0.39 is 32.5 Å². The lowest BCUT2D eigenvalue weighted by Crippen LogP contribution is -2.37. The summed E-state index contributed by atoms with van der Waals surface area (Å²) in [4.78, 5) is 37.9. The highest BCUT2D eigenvalue weighted by Gasteiger charge is 2.21. The van der Waals surface area contributed by atoms with Crippen molar-refractivity contribution in [3.63, 3.8) is 0 Å². The van der Waals surface area contributed by atoms with Crippen LogP contribution in [-0.2, 0) is 32.7 Å². The van der Waals surface area contributed by atoms with Crippen molar-refractivity contribution in [2.45, 2.75) is 238 Å². The van der Waals surface area contributed by atoms with E-state index in [2.05, 4.69) is 135 Å². The van der Waals surface area contributed by atoms with Gasteiger partial charge in [0.25, 0.3) is 7.82 Å². The van der Waals surface area contributed by atoms with Crippen molar-refractivity contribution in [1.82, 2.24) is 0 Å². The topological polar surface area (TPSA) is 111 Å². The minimum absolute atomic E-state index is 0.0411. The van der Waals surface area contributed by atoms with Crippen LogP contribution in [0.5, 0.6) is 0 Å². The highest BCUT2D eigenvalue weighted by atomic mass is 31.2. The van der Waals surface area contributed by atoms with Crippen LogP contribution in [0.4, 0.5) is 0 Å². The summed E-state index contributed by atoms with van der Waals surface area (Å²) in [5.74, 6) is -0.865. The number of hydrogen-bond donors (Lipinski definition) is 0. The highest BCUT2D eigenvalue weighted by Crippen LogP contribution is 2.38. The summed E-state index contributed by atoms with van der Waals surface area (Å²) < 4.78 is 34.1. The molecule has 0 aliphatic carbocycles. The number of carbonyl (C=O) groups excluding carboxylic acids is 2. The fourth-order valence-electron chi connectivity index (χ4n) is 7.86. The van der Waals surface area contributed by atoms with E-state index in [1.807, 2.05) is 21.1 Å². The second-order valence-corrected chi connectivity index (χ2v) is 22.4. The number of nitrogens with zero attached hydrogens (tertiary/aromatic N) is 1. The predicted octanol–water partition coefficient (Wildman–Crippen LogP) is 18.5. The van der Waals surface area contributed by atoms with Crippen LogP contribution in [0.3, 0.4) is 0 Å². The van der Waals surface area contributed by atoms with Crippen LogP contribution in [0, 0.1) is 0 Å². The number of allylic oxidation sites excluding steroid dienone is 20. The molecule has 0 fully saturated rings. The maximum absolute atomic E-state index is 12.8. The Labute approximate surface area is 467 Å². The standard InChI is InChI=1S/C66H112NO8P/c1-6-8-10-12-14-16-18-20-22-24-25-26-27-28-29-30-31-32-33-34-35-36-37-38-39-40-41-43-45-47-49-51-53-55-57-59-66(69)75-64(63-74-76(70,71)73-61-60-67(3,4)5)62-72-65(68)58-56-54-52-50-48-46-44-42-23-21-19-17-15-13-11-9-7-2/h8,10,14,16,20,22,25-26,28-29,31-32,34-35,37-38,40-41,45,47,64H,6-7,9,11-13,15,17-19,21,23-24,27,30,33,36,39,42-44,46,48-63H2,1-5H3/b10-8-,16-14-,22-20-,26-25-,29-28-,32-31-,35-34-,38-37-,41-40-,47-45-. The lowest BCUT2D eigenvalue weighted by Gasteiger charge is -2.28. The Morgan fingerprint density at radius 1 is 0.421 bits per heavy atom. The number of ether oxygens (including phenoxy) is 2. The molecule has 0 heterocycles. The normalized spacial score (nSPS) is 14.1. The van der Waals surface area contributed by atoms with Gasteiger partial charge in [-0.25, -0.2) is 0 Å². The van der Waals surface area contributed by atoms with Gasteiger partial charge in [-0.1, -0.05) is 251 Å². The molecule has 2 unspecified atom stereocenters. The van der Waals surface area contributed by atoms with Gasteiger partial charge >= 0.3 is 11.9 Å². The number of unbranched alkanes of at least 4 members (excludes halogenated alkanes) is 20. The molecule has 9 nitrogen and oxygen atoms in total. The molecule has 0 aliphatic heterocycles. The molecule has 0 spiro atoms. The quantitative estimate of drug-likeness (QED) is 0.0195. The van der Waals surface area contributed by atoms with Crippen molar-refractivity contribution in [1.29, 1.82) is 0 Å². The van der Waals surface area contributed by atoms with E-state index in [9.17, 15) is 19.0 Å². The summed E-state index contributed by atoms with van der Waals surface area (Å²) in [5.41, 5.74) is 0. The van der Waals surface area contributed by atoms with Crippen molar-refractivity contribution in [2.75, 3.05) is 47.5 Å². The van der Waals surface area contributed by atoms with Crippen LogP contribution in [0.15, 0.2) is 122 Å². The predicted molar refractivity (Wildman–Crippen MR) is 323 cm³/mol. The van der Waals surface area contributed by atoms with Crippen LogP contribution in [0.2, 0.25) is 0 Å². The molecule has 0 amide bonds. The van der Waals surface area contributed by atoms with Crippen molar-refractivity contribution >= 4 is 19.8 Å². The van der Waals surface area contributed by atoms with Gasteiger partial charge in [-0.15, -0.1) is 0 Å². The Hall–Kier alpha value is -3.59. The van der Waals surface area contributed by atoms with Crippen LogP contribution < -0.4 is 4.89 Å². The Bertz CT molecular complexity index is 1700. The maximum Gasteiger partial charge on any atom is 0.306 e. The third-order valence-electron chi connectivity index (χ3n) is 12.5. The fraction of sp³-hybridized carbons (Fsp3) is 0.667. The number of phosphoric acid groups is 1. The van der Waals surface area contributed by atoms with Crippen LogP contribution in [0.25, 0.3) is 0 Å². The molecule has 0 aromatic carbocycles. The zero-order chi connectivity index (χ0) is 55.6. The van der Waals surface area contributed by atoms with E-state index in [0.29, 0.717) is 17.4 Å². The van der Waals surface area contributed by atoms with Gasteiger partial charge in [-0.2, -0.15) is 0 Å². The molecule has 0 aromatic heterocycles. The second-order valence-electron chi connectivity index (χ2n) is 21.0. The van der Waals surface area contributed by atoms with E-state index in [0.717, 1.165) is 109 Å². The summed E-state index contributed by atoms with van der Waals surface area (Å²) in [6.07, 6.45) is 79.6. The van der Waals surface area contributed by atoms with Gasteiger partial charge in [0.2, 0.25) is 0 Å². The first-order valence-electron chi connectivity index (χ1n) is 30.2. The Balaban J connectivity index is 4.23. The third-order valence-corrected chi connectivity index (χ3v) is 13.5. The summed E-state index contributed by atoms with van der Waals surface area (Å²) in [5, 5.41) is 0. The molecule has 76 heavy (non-hydrogen) atoms. The molecule has 10 heteroatoms. The summed E-state index contributed by atoms with van der Waals surface area (Å²) in [7, 11) is 1.14. The second kappa shape index (κ2) is 56.1. The van der Waals surface area contributed by atoms with Gasteiger partial charge in [0.05, 0.1) is 27.7 Å². The number of hydrogen-bond acceptors (Lipinski definition) is 8. The van der Waals surface area contributed by atoms with Crippen LogP contribution >= 0.6 is 7.82 Å². The lowest BCUT2D eigenvalue weighted by molar-refractivity contribution is -0.870. The zero-order valence-electron chi connectivity index (χ0n) is 49.2. The zero-order valence-corrected chi connectivity index (χ0v) is 50.0. The van der Waals surface area contributed by atoms with Crippen molar-refractivity contribution in [3.8, 4) is 0 Å². The van der Waals surface area contributed by atoms with Gasteiger partial charge in [0.15, 0.2) is 6.10 Å². The van der Waals surface area contributed by atoms with E-state index >= 15 is 0 Å². The molecular weight excluding hydrogens is 966 g/mol. The Kier molecular flexibility index (Phi) is 53.5. The third kappa shape index (κ3) is 59.7. The number of esters is 2. The van der Waals surface area contributed by atoms with Gasteiger partial charge in [0.1, 0.15) is 19.8 Å². The average Bonchev–Trinajstić information content (AvgIpc) is 3.38. The molecule has 434 valence electrons. The number of carbonyl (C=O) groups is 2. The minimum atomic E-state index is -4.65. The largest absolute Gasteiger partial charge is 0.756 e. The first kappa shape index (κ1) is 72.4. The van der Waals surface area contributed by atoms with Crippen LogP contribution in [0.1, 0.15) is 232 Å². The van der Waals surface area contributed by atoms with Gasteiger partial charge in [-0.3, -0.25) is 14.2 Å². The van der Waals surface area contributed by atoms with E-state index in [4.69, 9.17) is 18.5 Å². The smallest absolute Gasteiger partial charge is 0.306 e. The van der Waals surface area contributed by atoms with Gasteiger partial charge in [-0.05, 0) is 89.9 Å². The van der Waals surface area contributed by atoms with Crippen molar-refractivity contribution in [3.05, 3.63) is 122 Å². The summed E-state index contributed by atoms with van der Waals surface area (Å²) >= 11 is 0. The average molecular weight is 1080 g/mol. The van der Waals surface area contributed by atoms with E-state index in [1.165, 1.54) is 89.9 Å². The molecular formula is C66H112NO8P. The first-order valence-corrected chi connectivity index (χ1v) is 31.7. The van der Waals surface area contributed by atoms with Gasteiger partial charge < -0.3 is 27.9 Å². The lowest BCUT2D eigenvalue weighted by atomic mass is 10.0. The number of phosphoric ester groups is 1. The maximum atomic E-state index is 12.8. The molecule has 0 aliphatic rings. The number of likely N-dealkylation sites (N-methyl/N-ethyl adjacent to an activating group) is 1. The molecule has 0 rings (SSSR count). The number of quaternary nitrogens is 1. The monoisotopic (exact) mass is 1080 g/mol. The SMILES string of the molecule is CC/C=C\C/C=C\C/C=C\C/C=C\C/C=C\C/C=C\C/C=C\C/C=C\C/C=C\C/C=C\CCCCCCC(=O)OC(COC(=O)CCCCCCCCCCCCCCCCCCC)COP(=O)([O-])OCC[N+](C)(C)C. The molecule has 0 bridgehead atoms. The minimum Gasteiger partial charge on any atom is -0.756 e. The first-order chi connectivity index (χ1) is 37.0. The Morgan fingerprint density at radius 3 is 1.12 bits per heavy atom. The molecule has 0 N–H and O–H groups in total. The van der Waals surface area contributed by atoms with Crippen molar-refractivity contribution in [2.24, 2.45) is 0 Å². The van der Waals surface area contributed by atoms with Crippen molar-refractivity contribution < 1.29 is 42.1 Å². The highest BCUT2D eigenvalue weighted by molar-refractivity contribution is 7.45. The molecule has 0 aromatic rings.